The molecule has 0 fully saturated rings. The van der Waals surface area contributed by atoms with E-state index in [1.54, 1.807) is 0 Å². The van der Waals surface area contributed by atoms with Gasteiger partial charge >= 0.3 is 16.1 Å². The smallest absolute Gasteiger partial charge is 0.394 e. The van der Waals surface area contributed by atoms with Gasteiger partial charge in [0.25, 0.3) is 0 Å². The van der Waals surface area contributed by atoms with Gasteiger partial charge in [-0.3, -0.25) is 0 Å². The molecule has 0 saturated heterocycles. The van der Waals surface area contributed by atoms with E-state index in [9.17, 15) is 0 Å². The van der Waals surface area contributed by atoms with Gasteiger partial charge in [0.05, 0.1) is 13.2 Å². The molecule has 0 unspecified atom stereocenters. The van der Waals surface area contributed by atoms with E-state index < -0.39 is 22.2 Å². The molecule has 10 nitrogen and oxygen atoms in total. The molecule has 0 atom stereocenters. The molecule has 0 aromatic rings. The molecule has 12 heteroatoms. The largest absolute Gasteiger partial charge is 0.692 e. The van der Waals surface area contributed by atoms with E-state index in [0.717, 1.165) is 0 Å². The van der Waals surface area contributed by atoms with Gasteiger partial charge in [-0.1, -0.05) is 0 Å². The maximum atomic E-state index is 8.88. The summed E-state index contributed by atoms with van der Waals surface area (Å²) >= 11 is 0. The topological polar surface area (TPSA) is 196 Å². The molecule has 0 aromatic carbocycles. The third-order valence-electron chi connectivity index (χ3n) is 0.421. The molecule has 0 radical (unpaired) electrons. The highest BCUT2D eigenvalue weighted by atomic mass is 31.2. The second kappa shape index (κ2) is 12.1. The molecular weight excluding hydrogens is 258 g/mol. The van der Waals surface area contributed by atoms with Crippen molar-refractivity contribution in [2.45, 2.75) is 6.10 Å². The highest BCUT2D eigenvalue weighted by Crippen LogP contribution is 2.25. The van der Waals surface area contributed by atoms with Crippen LogP contribution in [0.5, 0.6) is 0 Å². The summed E-state index contributed by atoms with van der Waals surface area (Å²) in [6, 6.07) is 0. The monoisotopic (exact) mass is 271 g/mol. The van der Waals surface area contributed by atoms with E-state index in [0.29, 0.717) is 0 Å². The Morgan fingerprint density at radius 1 is 1.07 bits per heavy atom. The van der Waals surface area contributed by atoms with Crippen molar-refractivity contribution < 1.29 is 48.9 Å². The van der Waals surface area contributed by atoms with Crippen molar-refractivity contribution in [2.24, 2.45) is 0 Å². The zero-order valence-electron chi connectivity index (χ0n) is 7.28. The van der Waals surface area contributed by atoms with Crippen molar-refractivity contribution in [1.29, 1.82) is 0 Å². The van der Waals surface area contributed by atoms with Gasteiger partial charge in [0, 0.05) is 4.57 Å². The van der Waals surface area contributed by atoms with E-state index in [1.165, 1.54) is 0 Å². The van der Waals surface area contributed by atoms with Crippen molar-refractivity contribution >= 4 is 16.1 Å². The van der Waals surface area contributed by atoms with Gasteiger partial charge in [-0.25, -0.2) is 4.57 Å². The lowest BCUT2D eigenvalue weighted by atomic mass is 10.4. The molecule has 15 heavy (non-hydrogen) atoms. The van der Waals surface area contributed by atoms with Crippen LogP contribution in [-0.2, 0) is 9.13 Å². The molecule has 8 N–H and O–H groups in total. The Balaban J connectivity index is -0.000000147. The van der Waals surface area contributed by atoms with Gasteiger partial charge in [-0.05, 0) is 0 Å². The van der Waals surface area contributed by atoms with E-state index in [2.05, 4.69) is 0 Å². The standard InChI is InChI=1S/C3H8O3.H3O4P.HO3P/c4-1-3(6)2-5;1-5(2,3)4;1-4(2)3/h3-6H,1-2H2;(H3,1,2,3,4);(H-,1,2,3)/p+1. The van der Waals surface area contributed by atoms with Crippen LogP contribution in [0.3, 0.4) is 0 Å². The molecule has 0 amide bonds. The highest BCUT2D eigenvalue weighted by molar-refractivity contribution is 7.45. The van der Waals surface area contributed by atoms with E-state index >= 15 is 0 Å². The van der Waals surface area contributed by atoms with Gasteiger partial charge in [0.1, 0.15) is 6.10 Å². The Bertz CT molecular complexity index is 171. The molecule has 0 aliphatic carbocycles. The van der Waals surface area contributed by atoms with Gasteiger partial charge in [0.15, 0.2) is 0 Å². The zero-order chi connectivity index (χ0) is 13.1. The lowest BCUT2D eigenvalue weighted by Gasteiger charge is -1.96. The summed E-state index contributed by atoms with van der Waals surface area (Å²) in [5, 5.41) is 24.0. The average molecular weight is 271 g/mol. The molecule has 0 spiro atoms. The first-order valence-electron chi connectivity index (χ1n) is 3.07. The molecular formula is C3H13O10P2+. The minimum atomic E-state index is -4.64. The van der Waals surface area contributed by atoms with Gasteiger partial charge < -0.3 is 30.0 Å². The second-order valence-electron chi connectivity index (χ2n) is 1.78. The van der Waals surface area contributed by atoms with Crippen LogP contribution in [0, 0.1) is 0 Å². The SMILES string of the molecule is O=P(O)(O)O.O=[P+](O)O.OCC(O)CO. The van der Waals surface area contributed by atoms with Crippen LogP contribution in [0.1, 0.15) is 0 Å². The number of aliphatic hydroxyl groups is 3. The van der Waals surface area contributed by atoms with Gasteiger partial charge in [-0.15, -0.1) is 9.79 Å². The quantitative estimate of drug-likeness (QED) is 0.240. The summed E-state index contributed by atoms with van der Waals surface area (Å²) in [6.07, 6.45) is -0.954. The Kier molecular flexibility index (Phi) is 16.5. The van der Waals surface area contributed by atoms with Gasteiger partial charge in [0.2, 0.25) is 0 Å². The Labute approximate surface area is 85.3 Å². The van der Waals surface area contributed by atoms with Crippen LogP contribution in [-0.4, -0.2) is 59.1 Å². The van der Waals surface area contributed by atoms with Crippen LogP contribution < -0.4 is 0 Å². The molecule has 0 saturated carbocycles. The predicted octanol–water partition coefficient (Wildman–Crippen LogP) is -2.97. The number of aliphatic hydroxyl groups excluding tert-OH is 3. The maximum absolute atomic E-state index is 8.88. The Morgan fingerprint density at radius 3 is 1.20 bits per heavy atom. The van der Waals surface area contributed by atoms with E-state index in [1.807, 2.05) is 0 Å². The van der Waals surface area contributed by atoms with E-state index in [4.69, 9.17) is 48.9 Å². The molecule has 0 bridgehead atoms. The molecule has 0 aliphatic heterocycles. The summed E-state index contributed by atoms with van der Waals surface area (Å²) in [5.41, 5.74) is 0. The highest BCUT2D eigenvalue weighted by Gasteiger charge is 2.00. The van der Waals surface area contributed by atoms with E-state index in [-0.39, 0.29) is 13.2 Å². The summed E-state index contributed by atoms with van der Waals surface area (Å²) in [7, 11) is -7.51. The maximum Gasteiger partial charge on any atom is 0.692 e. The summed E-state index contributed by atoms with van der Waals surface area (Å²) in [6.45, 7) is -0.729. The fraction of sp³-hybridized carbons (Fsp3) is 1.00. The number of rotatable bonds is 2. The molecule has 0 heterocycles. The van der Waals surface area contributed by atoms with Gasteiger partial charge in [-0.2, -0.15) is 0 Å². The number of hydrogen-bond donors (Lipinski definition) is 8. The lowest BCUT2D eigenvalue weighted by Crippen LogP contribution is -2.15. The number of phosphoric acid groups is 1. The average Bonchev–Trinajstić information content (AvgIpc) is 1.99. The fourth-order valence-corrected chi connectivity index (χ4v) is 0.0577. The minimum Gasteiger partial charge on any atom is -0.394 e. The third-order valence-corrected chi connectivity index (χ3v) is 0.421. The Hall–Kier alpha value is 0.01000. The first-order chi connectivity index (χ1) is 6.54. The summed E-state index contributed by atoms with van der Waals surface area (Å²) < 4.78 is 17.6. The first kappa shape index (κ1) is 20.4. The molecule has 0 rings (SSSR count). The van der Waals surface area contributed by atoms with Crippen LogP contribution in [0.2, 0.25) is 0 Å². The third kappa shape index (κ3) is 126. The summed E-state index contributed by atoms with van der Waals surface area (Å²) in [4.78, 5) is 35.8. The lowest BCUT2D eigenvalue weighted by molar-refractivity contribution is 0.0450. The van der Waals surface area contributed by atoms with Crippen LogP contribution >= 0.6 is 16.1 Å². The second-order valence-corrected chi connectivity index (χ2v) is 3.32. The minimum absolute atomic E-state index is 0.365. The Morgan fingerprint density at radius 2 is 1.20 bits per heavy atom. The number of hydrogen-bond acceptors (Lipinski definition) is 5. The first-order valence-corrected chi connectivity index (χ1v) is 5.80. The fourth-order valence-electron chi connectivity index (χ4n) is 0.0577. The van der Waals surface area contributed by atoms with Crippen molar-refractivity contribution in [3.05, 3.63) is 0 Å². The molecule has 94 valence electrons. The molecule has 0 aliphatic rings. The van der Waals surface area contributed by atoms with Crippen molar-refractivity contribution in [2.75, 3.05) is 13.2 Å². The van der Waals surface area contributed by atoms with Crippen molar-refractivity contribution in [3.8, 4) is 0 Å². The van der Waals surface area contributed by atoms with Crippen LogP contribution in [0.25, 0.3) is 0 Å². The van der Waals surface area contributed by atoms with Crippen LogP contribution in [0.4, 0.5) is 0 Å². The van der Waals surface area contributed by atoms with Crippen molar-refractivity contribution in [1.82, 2.24) is 0 Å². The molecule has 0 aromatic heterocycles. The normalized spacial score (nSPS) is 9.67. The zero-order valence-corrected chi connectivity index (χ0v) is 9.07. The van der Waals surface area contributed by atoms with Crippen LogP contribution in [0.15, 0.2) is 0 Å². The predicted molar refractivity (Wildman–Crippen MR) is 46.5 cm³/mol. The summed E-state index contributed by atoms with van der Waals surface area (Å²) in [5.74, 6) is 0. The van der Waals surface area contributed by atoms with Crippen molar-refractivity contribution in [3.63, 3.8) is 0 Å².